The number of ether oxygens (including phenoxy) is 1. The molecule has 2 aromatic rings. The lowest BCUT2D eigenvalue weighted by atomic mass is 10.1. The Kier molecular flexibility index (Phi) is 6.49. The van der Waals surface area contributed by atoms with Crippen LogP contribution in [0.5, 0.6) is 0 Å². The summed E-state index contributed by atoms with van der Waals surface area (Å²) in [6, 6.07) is 13.9. The number of rotatable bonds is 6. The number of nitrogens with one attached hydrogen (secondary N) is 1. The largest absolute Gasteiger partial charge is 0.462 e. The zero-order chi connectivity index (χ0) is 19.1. The molecule has 0 bridgehead atoms. The number of nitrogens with zero attached hydrogens (tertiary/aromatic N) is 1. The van der Waals surface area contributed by atoms with Gasteiger partial charge in [-0.2, -0.15) is 0 Å². The Labute approximate surface area is 152 Å². The van der Waals surface area contributed by atoms with E-state index in [1.807, 2.05) is 25.1 Å². The second kappa shape index (κ2) is 8.80. The van der Waals surface area contributed by atoms with Gasteiger partial charge >= 0.3 is 5.97 Å². The number of anilines is 2. The molecule has 0 aromatic heterocycles. The third-order valence-electron chi connectivity index (χ3n) is 3.69. The fraction of sp³-hybridized carbons (Fsp3) is 0.250. The normalized spacial score (nSPS) is 10.1. The quantitative estimate of drug-likeness (QED) is 0.809. The maximum atomic E-state index is 12.5. The summed E-state index contributed by atoms with van der Waals surface area (Å²) in [5, 5.41) is 2.69. The SMILES string of the molecule is CCOC(=O)c1ccccc1NC(=O)CN(C(C)=O)c1cccc(C)c1. The van der Waals surface area contributed by atoms with Crippen molar-refractivity contribution in [2.75, 3.05) is 23.4 Å². The Hall–Kier alpha value is -3.15. The average Bonchev–Trinajstić information content (AvgIpc) is 2.60. The summed E-state index contributed by atoms with van der Waals surface area (Å²) >= 11 is 0. The zero-order valence-corrected chi connectivity index (χ0v) is 15.1. The second-order valence-corrected chi connectivity index (χ2v) is 5.76. The fourth-order valence-corrected chi connectivity index (χ4v) is 2.49. The molecule has 26 heavy (non-hydrogen) atoms. The highest BCUT2D eigenvalue weighted by molar-refractivity contribution is 6.05. The van der Waals surface area contributed by atoms with Crippen molar-refractivity contribution < 1.29 is 19.1 Å². The molecule has 0 fully saturated rings. The number of esters is 1. The average molecular weight is 354 g/mol. The van der Waals surface area contributed by atoms with Crippen LogP contribution in [0.2, 0.25) is 0 Å². The topological polar surface area (TPSA) is 75.7 Å². The Balaban J connectivity index is 2.17. The molecule has 6 nitrogen and oxygen atoms in total. The fourth-order valence-electron chi connectivity index (χ4n) is 2.49. The van der Waals surface area contributed by atoms with E-state index in [0.717, 1.165) is 5.56 Å². The molecule has 136 valence electrons. The van der Waals surface area contributed by atoms with Crippen LogP contribution in [-0.4, -0.2) is 30.9 Å². The van der Waals surface area contributed by atoms with Crippen molar-refractivity contribution >= 4 is 29.2 Å². The van der Waals surface area contributed by atoms with Gasteiger partial charge in [0.05, 0.1) is 17.9 Å². The van der Waals surface area contributed by atoms with Crippen LogP contribution < -0.4 is 10.2 Å². The van der Waals surface area contributed by atoms with E-state index in [2.05, 4.69) is 5.32 Å². The van der Waals surface area contributed by atoms with Crippen molar-refractivity contribution in [2.45, 2.75) is 20.8 Å². The number of aryl methyl sites for hydroxylation is 1. The first-order valence-electron chi connectivity index (χ1n) is 8.33. The minimum absolute atomic E-state index is 0.157. The molecule has 0 radical (unpaired) electrons. The van der Waals surface area contributed by atoms with Crippen molar-refractivity contribution in [2.24, 2.45) is 0 Å². The Morgan fingerprint density at radius 3 is 2.46 bits per heavy atom. The van der Waals surface area contributed by atoms with Gasteiger partial charge in [-0.15, -0.1) is 0 Å². The van der Waals surface area contributed by atoms with E-state index in [0.29, 0.717) is 11.4 Å². The van der Waals surface area contributed by atoms with Gasteiger partial charge in [-0.1, -0.05) is 24.3 Å². The highest BCUT2D eigenvalue weighted by Crippen LogP contribution is 2.18. The lowest BCUT2D eigenvalue weighted by Gasteiger charge is -2.21. The van der Waals surface area contributed by atoms with Gasteiger partial charge in [-0.3, -0.25) is 9.59 Å². The van der Waals surface area contributed by atoms with Crippen molar-refractivity contribution in [1.29, 1.82) is 0 Å². The van der Waals surface area contributed by atoms with E-state index >= 15 is 0 Å². The highest BCUT2D eigenvalue weighted by atomic mass is 16.5. The molecule has 2 rings (SSSR count). The molecule has 0 unspecified atom stereocenters. The third kappa shape index (κ3) is 4.92. The van der Waals surface area contributed by atoms with Crippen LogP contribution in [0.4, 0.5) is 11.4 Å². The molecule has 0 atom stereocenters. The zero-order valence-electron chi connectivity index (χ0n) is 15.1. The first-order chi connectivity index (χ1) is 12.4. The van der Waals surface area contributed by atoms with Crippen LogP contribution in [0, 0.1) is 6.92 Å². The summed E-state index contributed by atoms with van der Waals surface area (Å²) < 4.78 is 5.00. The minimum Gasteiger partial charge on any atom is -0.462 e. The molecule has 2 aromatic carbocycles. The molecule has 0 aliphatic carbocycles. The summed E-state index contributed by atoms with van der Waals surface area (Å²) in [7, 11) is 0. The van der Waals surface area contributed by atoms with E-state index < -0.39 is 11.9 Å². The molecule has 0 heterocycles. The predicted octanol–water partition coefficient (Wildman–Crippen LogP) is 3.16. The number of benzene rings is 2. The maximum Gasteiger partial charge on any atom is 0.340 e. The molecule has 1 N–H and O–H groups in total. The van der Waals surface area contributed by atoms with Crippen LogP contribution in [0.15, 0.2) is 48.5 Å². The van der Waals surface area contributed by atoms with Gasteiger partial charge < -0.3 is 15.0 Å². The van der Waals surface area contributed by atoms with Crippen LogP contribution >= 0.6 is 0 Å². The van der Waals surface area contributed by atoms with E-state index in [9.17, 15) is 14.4 Å². The van der Waals surface area contributed by atoms with Gasteiger partial charge in [0.2, 0.25) is 11.8 Å². The van der Waals surface area contributed by atoms with Gasteiger partial charge in [0.15, 0.2) is 0 Å². The molecular weight excluding hydrogens is 332 g/mol. The first kappa shape index (κ1) is 19.2. The van der Waals surface area contributed by atoms with Gasteiger partial charge in [0, 0.05) is 12.6 Å². The number of hydrogen-bond donors (Lipinski definition) is 1. The molecule has 2 amide bonds. The third-order valence-corrected chi connectivity index (χ3v) is 3.69. The number of para-hydroxylation sites is 1. The minimum atomic E-state index is -0.509. The summed E-state index contributed by atoms with van der Waals surface area (Å²) in [5.74, 6) is -1.16. The summed E-state index contributed by atoms with van der Waals surface area (Å²) in [5.41, 5.74) is 2.25. The summed E-state index contributed by atoms with van der Waals surface area (Å²) in [6.07, 6.45) is 0. The van der Waals surface area contributed by atoms with Crippen LogP contribution in [-0.2, 0) is 14.3 Å². The first-order valence-corrected chi connectivity index (χ1v) is 8.33. The number of carbonyl (C=O) groups is 3. The standard InChI is InChI=1S/C20H22N2O4/c1-4-26-20(25)17-10-5-6-11-18(17)21-19(24)13-22(15(3)23)16-9-7-8-14(2)12-16/h5-12H,4,13H2,1-3H3,(H,21,24). The molecule has 0 aliphatic rings. The smallest absolute Gasteiger partial charge is 0.340 e. The number of carbonyl (C=O) groups excluding carboxylic acids is 3. The highest BCUT2D eigenvalue weighted by Gasteiger charge is 2.18. The van der Waals surface area contributed by atoms with Gasteiger partial charge in [0.25, 0.3) is 0 Å². The van der Waals surface area contributed by atoms with Crippen molar-refractivity contribution in [1.82, 2.24) is 0 Å². The Morgan fingerprint density at radius 2 is 1.81 bits per heavy atom. The molecule has 0 spiro atoms. The lowest BCUT2D eigenvalue weighted by molar-refractivity contribution is -0.120. The van der Waals surface area contributed by atoms with Gasteiger partial charge in [0.1, 0.15) is 6.54 Å². The maximum absolute atomic E-state index is 12.5. The molecule has 0 saturated heterocycles. The predicted molar refractivity (Wildman–Crippen MR) is 100 cm³/mol. The number of amides is 2. The summed E-state index contributed by atoms with van der Waals surface area (Å²) in [4.78, 5) is 37.8. The van der Waals surface area contributed by atoms with E-state index in [1.165, 1.54) is 11.8 Å². The lowest BCUT2D eigenvalue weighted by Crippen LogP contribution is -2.37. The summed E-state index contributed by atoms with van der Waals surface area (Å²) in [6.45, 7) is 5.12. The molecule has 0 saturated carbocycles. The van der Waals surface area contributed by atoms with Crippen molar-refractivity contribution in [3.05, 3.63) is 59.7 Å². The van der Waals surface area contributed by atoms with E-state index in [-0.39, 0.29) is 24.6 Å². The van der Waals surface area contributed by atoms with Gasteiger partial charge in [-0.05, 0) is 43.7 Å². The Bertz CT molecular complexity index is 817. The van der Waals surface area contributed by atoms with E-state index in [1.54, 1.807) is 37.3 Å². The molecule has 6 heteroatoms. The number of hydrogen-bond acceptors (Lipinski definition) is 4. The molecular formula is C20H22N2O4. The van der Waals surface area contributed by atoms with Crippen LogP contribution in [0.1, 0.15) is 29.8 Å². The Morgan fingerprint density at radius 1 is 1.08 bits per heavy atom. The van der Waals surface area contributed by atoms with Gasteiger partial charge in [-0.25, -0.2) is 4.79 Å². The van der Waals surface area contributed by atoms with Crippen LogP contribution in [0.25, 0.3) is 0 Å². The second-order valence-electron chi connectivity index (χ2n) is 5.76. The van der Waals surface area contributed by atoms with E-state index in [4.69, 9.17) is 4.74 Å². The van der Waals surface area contributed by atoms with Crippen molar-refractivity contribution in [3.63, 3.8) is 0 Å². The van der Waals surface area contributed by atoms with Crippen molar-refractivity contribution in [3.8, 4) is 0 Å². The molecule has 0 aliphatic heterocycles. The van der Waals surface area contributed by atoms with Crippen LogP contribution in [0.3, 0.4) is 0 Å². The monoisotopic (exact) mass is 354 g/mol.